The number of nitrogens with zero attached hydrogens (tertiary/aromatic N) is 1. The molecule has 0 unspecified atom stereocenters. The molecule has 0 radical (unpaired) electrons. The van der Waals surface area contributed by atoms with Gasteiger partial charge in [-0.05, 0) is 0 Å². The van der Waals surface area contributed by atoms with E-state index < -0.39 is 18.8 Å². The fourth-order valence-electron chi connectivity index (χ4n) is 1.44. The lowest BCUT2D eigenvalue weighted by Crippen LogP contribution is -2.34. The van der Waals surface area contributed by atoms with Gasteiger partial charge in [0, 0.05) is 11.6 Å². The fraction of sp³-hybridized carbons (Fsp3) is 0.250. The van der Waals surface area contributed by atoms with Crippen molar-refractivity contribution >= 4 is 0 Å². The number of hydrogen-bond donors (Lipinski definition) is 3. The maximum Gasteiger partial charge on any atom is 0.167 e. The van der Waals surface area contributed by atoms with Crippen molar-refractivity contribution < 1.29 is 19.8 Å². The Hall–Kier alpha value is -1.69. The summed E-state index contributed by atoms with van der Waals surface area (Å²) in [5, 5.41) is 31.6. The van der Waals surface area contributed by atoms with Gasteiger partial charge in [0.1, 0.15) is 5.69 Å². The number of benzene rings is 1. The van der Waals surface area contributed by atoms with Crippen LogP contribution in [0.15, 0.2) is 40.9 Å². The predicted molar refractivity (Wildman–Crippen MR) is 60.0 cm³/mol. The van der Waals surface area contributed by atoms with Gasteiger partial charge in [-0.15, -0.1) is 0 Å². The molecule has 0 fully saturated rings. The Labute approximate surface area is 97.9 Å². The van der Waals surface area contributed by atoms with Gasteiger partial charge in [-0.2, -0.15) is 0 Å². The van der Waals surface area contributed by atoms with Gasteiger partial charge in [-0.25, -0.2) is 0 Å². The minimum Gasteiger partial charge on any atom is -0.393 e. The molecular weight excluding hydrogens is 222 g/mol. The third-order valence-corrected chi connectivity index (χ3v) is 2.57. The Morgan fingerprint density at radius 1 is 1.12 bits per heavy atom. The molecule has 5 heteroatoms. The smallest absolute Gasteiger partial charge is 0.167 e. The van der Waals surface area contributed by atoms with Crippen LogP contribution in [-0.4, -0.2) is 33.7 Å². The molecule has 0 bridgehead atoms. The zero-order chi connectivity index (χ0) is 12.3. The first-order chi connectivity index (χ1) is 8.19. The Morgan fingerprint density at radius 3 is 2.35 bits per heavy atom. The lowest BCUT2D eigenvalue weighted by Gasteiger charge is -2.19. The summed E-state index contributed by atoms with van der Waals surface area (Å²) in [6, 6.07) is 10.7. The van der Waals surface area contributed by atoms with Gasteiger partial charge < -0.3 is 19.8 Å². The van der Waals surface area contributed by atoms with Crippen LogP contribution >= 0.6 is 0 Å². The van der Waals surface area contributed by atoms with E-state index in [1.54, 1.807) is 0 Å². The molecule has 90 valence electrons. The summed E-state index contributed by atoms with van der Waals surface area (Å²) in [7, 11) is 0. The fourth-order valence-corrected chi connectivity index (χ4v) is 1.44. The lowest BCUT2D eigenvalue weighted by molar-refractivity contribution is -0.0645. The maximum atomic E-state index is 9.84. The zero-order valence-corrected chi connectivity index (χ0v) is 9.08. The Balaban J connectivity index is 2.34. The number of rotatable bonds is 4. The monoisotopic (exact) mass is 235 g/mol. The summed E-state index contributed by atoms with van der Waals surface area (Å²) in [5.41, 5.74) is -0.845. The minimum absolute atomic E-state index is 0.112. The molecule has 0 saturated carbocycles. The quantitative estimate of drug-likeness (QED) is 0.719. The molecule has 0 amide bonds. The van der Waals surface area contributed by atoms with Crippen molar-refractivity contribution in [3.05, 3.63) is 42.1 Å². The molecule has 2 aromatic rings. The molecule has 1 aromatic heterocycles. The summed E-state index contributed by atoms with van der Waals surface area (Å²) >= 11 is 0. The molecule has 0 aliphatic carbocycles. The van der Waals surface area contributed by atoms with Crippen LogP contribution in [0.4, 0.5) is 0 Å². The Morgan fingerprint density at radius 2 is 1.76 bits per heavy atom. The molecular formula is C12H13NO4. The molecule has 5 nitrogen and oxygen atoms in total. The van der Waals surface area contributed by atoms with E-state index >= 15 is 0 Å². The molecule has 3 N–H and O–H groups in total. The summed E-state index contributed by atoms with van der Waals surface area (Å²) in [6.45, 7) is -1.24. The SMILES string of the molecule is OCC(O)(CO)c1cc(-c2ccccc2)on1. The molecule has 0 saturated heterocycles. The second kappa shape index (κ2) is 4.67. The van der Waals surface area contributed by atoms with Gasteiger partial charge in [0.05, 0.1) is 13.2 Å². The Kier molecular flexibility index (Phi) is 3.23. The molecule has 1 aromatic carbocycles. The van der Waals surface area contributed by atoms with Crippen molar-refractivity contribution in [1.82, 2.24) is 5.16 Å². The summed E-state index contributed by atoms with van der Waals surface area (Å²) in [4.78, 5) is 0. The topological polar surface area (TPSA) is 86.7 Å². The lowest BCUT2D eigenvalue weighted by atomic mass is 10.0. The van der Waals surface area contributed by atoms with Gasteiger partial charge in [0.25, 0.3) is 0 Å². The largest absolute Gasteiger partial charge is 0.393 e. The number of hydrogen-bond acceptors (Lipinski definition) is 5. The van der Waals surface area contributed by atoms with Crippen molar-refractivity contribution in [2.75, 3.05) is 13.2 Å². The standard InChI is InChI=1S/C12H13NO4/c14-7-12(16,8-15)11-6-10(17-13-11)9-4-2-1-3-5-9/h1-6,14-16H,7-8H2. The van der Waals surface area contributed by atoms with E-state index in [-0.39, 0.29) is 5.69 Å². The van der Waals surface area contributed by atoms with Gasteiger partial charge in [-0.3, -0.25) is 0 Å². The van der Waals surface area contributed by atoms with E-state index in [1.165, 1.54) is 6.07 Å². The first-order valence-corrected chi connectivity index (χ1v) is 5.16. The Bertz CT molecular complexity index is 476. The van der Waals surface area contributed by atoms with Crippen LogP contribution in [0.2, 0.25) is 0 Å². The van der Waals surface area contributed by atoms with E-state index in [0.29, 0.717) is 5.76 Å². The highest BCUT2D eigenvalue weighted by molar-refractivity contribution is 5.57. The van der Waals surface area contributed by atoms with Crippen LogP contribution in [0.25, 0.3) is 11.3 Å². The van der Waals surface area contributed by atoms with Gasteiger partial charge in [0.2, 0.25) is 0 Å². The average Bonchev–Trinajstić information content (AvgIpc) is 2.89. The molecule has 0 spiro atoms. The number of aliphatic hydroxyl groups excluding tert-OH is 2. The molecule has 0 atom stereocenters. The minimum atomic E-state index is -1.77. The number of aliphatic hydroxyl groups is 3. The van der Waals surface area contributed by atoms with E-state index in [4.69, 9.17) is 14.7 Å². The molecule has 0 aliphatic rings. The molecule has 0 aliphatic heterocycles. The van der Waals surface area contributed by atoms with E-state index in [2.05, 4.69) is 5.16 Å². The van der Waals surface area contributed by atoms with Crippen molar-refractivity contribution in [3.8, 4) is 11.3 Å². The highest BCUT2D eigenvalue weighted by Gasteiger charge is 2.31. The van der Waals surface area contributed by atoms with E-state index in [0.717, 1.165) is 5.56 Å². The van der Waals surface area contributed by atoms with Crippen molar-refractivity contribution in [3.63, 3.8) is 0 Å². The molecule has 2 rings (SSSR count). The number of aromatic nitrogens is 1. The van der Waals surface area contributed by atoms with Gasteiger partial charge in [0.15, 0.2) is 11.4 Å². The highest BCUT2D eigenvalue weighted by atomic mass is 16.5. The summed E-state index contributed by atoms with van der Waals surface area (Å²) in [6.07, 6.45) is 0. The van der Waals surface area contributed by atoms with Crippen LogP contribution in [0.5, 0.6) is 0 Å². The van der Waals surface area contributed by atoms with Crippen LogP contribution < -0.4 is 0 Å². The molecule has 17 heavy (non-hydrogen) atoms. The van der Waals surface area contributed by atoms with Crippen LogP contribution in [0, 0.1) is 0 Å². The second-order valence-electron chi connectivity index (χ2n) is 3.79. The van der Waals surface area contributed by atoms with Gasteiger partial charge in [-0.1, -0.05) is 35.5 Å². The third kappa shape index (κ3) is 2.21. The van der Waals surface area contributed by atoms with Crippen molar-refractivity contribution in [1.29, 1.82) is 0 Å². The average molecular weight is 235 g/mol. The first-order valence-electron chi connectivity index (χ1n) is 5.16. The van der Waals surface area contributed by atoms with Crippen LogP contribution in [-0.2, 0) is 5.60 Å². The van der Waals surface area contributed by atoms with Crippen molar-refractivity contribution in [2.45, 2.75) is 5.60 Å². The van der Waals surface area contributed by atoms with Crippen LogP contribution in [0.1, 0.15) is 5.69 Å². The predicted octanol–water partition coefficient (Wildman–Crippen LogP) is 0.514. The second-order valence-corrected chi connectivity index (χ2v) is 3.79. The van der Waals surface area contributed by atoms with Gasteiger partial charge >= 0.3 is 0 Å². The summed E-state index contributed by atoms with van der Waals surface area (Å²) < 4.78 is 5.07. The van der Waals surface area contributed by atoms with E-state index in [9.17, 15) is 5.11 Å². The van der Waals surface area contributed by atoms with E-state index in [1.807, 2.05) is 30.3 Å². The normalized spacial score (nSPS) is 11.7. The first kappa shape index (κ1) is 11.8. The summed E-state index contributed by atoms with van der Waals surface area (Å²) in [5.74, 6) is 0.473. The zero-order valence-electron chi connectivity index (χ0n) is 9.08. The maximum absolute atomic E-state index is 9.84. The molecule has 1 heterocycles. The van der Waals surface area contributed by atoms with Crippen molar-refractivity contribution in [2.24, 2.45) is 0 Å². The third-order valence-electron chi connectivity index (χ3n) is 2.57. The highest BCUT2D eigenvalue weighted by Crippen LogP contribution is 2.25. The van der Waals surface area contributed by atoms with Crippen LogP contribution in [0.3, 0.4) is 0 Å².